The van der Waals surface area contributed by atoms with Crippen LogP contribution in [0.4, 0.5) is 0 Å². The van der Waals surface area contributed by atoms with Crippen LogP contribution in [0.1, 0.15) is 47.0 Å². The maximum atomic E-state index is 9.76. The fourth-order valence-corrected chi connectivity index (χ4v) is 0.983. The Hall–Kier alpha value is -0.740. The zero-order valence-corrected chi connectivity index (χ0v) is 9.15. The van der Waals surface area contributed by atoms with E-state index in [4.69, 9.17) is 0 Å². The summed E-state index contributed by atoms with van der Waals surface area (Å²) in [4.78, 5) is 0. The van der Waals surface area contributed by atoms with E-state index in [0.29, 0.717) is 6.42 Å². The van der Waals surface area contributed by atoms with Gasteiger partial charge in [-0.2, -0.15) is 0 Å². The lowest BCUT2D eigenvalue weighted by molar-refractivity contribution is 0.113. The van der Waals surface area contributed by atoms with Gasteiger partial charge in [0.2, 0.25) is 0 Å². The number of allylic oxidation sites excluding steroid dienone is 2. The molecule has 0 saturated heterocycles. The van der Waals surface area contributed by atoms with Gasteiger partial charge in [0.1, 0.15) is 5.60 Å². The SMILES string of the molecule is CCC#CC(C)(O)CCC=C(C)C. The highest BCUT2D eigenvalue weighted by molar-refractivity contribution is 5.12. The van der Waals surface area contributed by atoms with Gasteiger partial charge in [-0.05, 0) is 33.6 Å². The summed E-state index contributed by atoms with van der Waals surface area (Å²) in [6, 6.07) is 0. The topological polar surface area (TPSA) is 20.2 Å². The molecule has 1 N–H and O–H groups in total. The van der Waals surface area contributed by atoms with Gasteiger partial charge in [0.25, 0.3) is 0 Å². The van der Waals surface area contributed by atoms with Crippen LogP contribution < -0.4 is 0 Å². The van der Waals surface area contributed by atoms with E-state index in [0.717, 1.165) is 12.8 Å². The molecule has 1 unspecified atom stereocenters. The van der Waals surface area contributed by atoms with Crippen molar-refractivity contribution in [3.63, 3.8) is 0 Å². The zero-order valence-electron chi connectivity index (χ0n) is 9.15. The van der Waals surface area contributed by atoms with Crippen LogP contribution in [0.25, 0.3) is 0 Å². The van der Waals surface area contributed by atoms with Crippen molar-refractivity contribution in [3.8, 4) is 11.8 Å². The second kappa shape index (κ2) is 5.83. The van der Waals surface area contributed by atoms with Crippen LogP contribution in [-0.4, -0.2) is 10.7 Å². The third-order valence-corrected chi connectivity index (χ3v) is 1.72. The maximum absolute atomic E-state index is 9.76. The largest absolute Gasteiger partial charge is 0.378 e. The van der Waals surface area contributed by atoms with Gasteiger partial charge in [-0.25, -0.2) is 0 Å². The molecule has 0 aromatic carbocycles. The molecule has 0 saturated carbocycles. The minimum Gasteiger partial charge on any atom is -0.378 e. The monoisotopic (exact) mass is 180 g/mol. The molecule has 0 heterocycles. The summed E-state index contributed by atoms with van der Waals surface area (Å²) < 4.78 is 0. The fourth-order valence-electron chi connectivity index (χ4n) is 0.983. The summed E-state index contributed by atoms with van der Waals surface area (Å²) in [5, 5.41) is 9.76. The normalized spacial score (nSPS) is 13.9. The Bertz CT molecular complexity index is 221. The minimum atomic E-state index is -0.817. The molecule has 0 bridgehead atoms. The average molecular weight is 180 g/mol. The van der Waals surface area contributed by atoms with E-state index >= 15 is 0 Å². The van der Waals surface area contributed by atoms with Crippen LogP contribution in [-0.2, 0) is 0 Å². The maximum Gasteiger partial charge on any atom is 0.123 e. The molecule has 0 spiro atoms. The van der Waals surface area contributed by atoms with Gasteiger partial charge in [-0.3, -0.25) is 0 Å². The highest BCUT2D eigenvalue weighted by Gasteiger charge is 2.14. The summed E-state index contributed by atoms with van der Waals surface area (Å²) >= 11 is 0. The summed E-state index contributed by atoms with van der Waals surface area (Å²) in [6.45, 7) is 7.88. The molecule has 1 nitrogen and oxygen atoms in total. The summed E-state index contributed by atoms with van der Waals surface area (Å²) in [6.07, 6.45) is 4.54. The standard InChI is InChI=1S/C12H20O/c1-5-6-9-12(4,13)10-7-8-11(2)3/h8,13H,5,7,10H2,1-4H3. The second-order valence-corrected chi connectivity index (χ2v) is 3.75. The smallest absolute Gasteiger partial charge is 0.123 e. The molecular weight excluding hydrogens is 160 g/mol. The van der Waals surface area contributed by atoms with E-state index in [9.17, 15) is 5.11 Å². The Balaban J connectivity index is 3.96. The molecule has 0 rings (SSSR count). The first-order chi connectivity index (χ1) is 5.98. The van der Waals surface area contributed by atoms with E-state index in [1.165, 1.54) is 5.57 Å². The lowest BCUT2D eigenvalue weighted by Gasteiger charge is -2.14. The van der Waals surface area contributed by atoms with Crippen molar-refractivity contribution in [2.75, 3.05) is 0 Å². The van der Waals surface area contributed by atoms with Crippen molar-refractivity contribution in [1.29, 1.82) is 0 Å². The molecule has 0 aliphatic rings. The van der Waals surface area contributed by atoms with Crippen LogP contribution in [0.5, 0.6) is 0 Å². The van der Waals surface area contributed by atoms with Crippen molar-refractivity contribution in [3.05, 3.63) is 11.6 Å². The number of hydrogen-bond donors (Lipinski definition) is 1. The van der Waals surface area contributed by atoms with Gasteiger partial charge in [0.05, 0.1) is 0 Å². The van der Waals surface area contributed by atoms with Crippen LogP contribution in [0.2, 0.25) is 0 Å². The molecule has 0 radical (unpaired) electrons. The molecule has 0 amide bonds. The molecule has 1 heteroatoms. The lowest BCUT2D eigenvalue weighted by Crippen LogP contribution is -2.20. The van der Waals surface area contributed by atoms with Gasteiger partial charge in [-0.15, -0.1) is 5.92 Å². The van der Waals surface area contributed by atoms with E-state index in [2.05, 4.69) is 31.8 Å². The first-order valence-corrected chi connectivity index (χ1v) is 4.83. The van der Waals surface area contributed by atoms with Crippen molar-refractivity contribution < 1.29 is 5.11 Å². The second-order valence-electron chi connectivity index (χ2n) is 3.75. The molecule has 0 aromatic heterocycles. The quantitative estimate of drug-likeness (QED) is 0.523. The van der Waals surface area contributed by atoms with E-state index < -0.39 is 5.60 Å². The fraction of sp³-hybridized carbons (Fsp3) is 0.667. The Kier molecular flexibility index (Phi) is 5.50. The van der Waals surface area contributed by atoms with Gasteiger partial charge < -0.3 is 5.11 Å². The van der Waals surface area contributed by atoms with Gasteiger partial charge in [0, 0.05) is 6.42 Å². The van der Waals surface area contributed by atoms with Crippen molar-refractivity contribution in [2.45, 2.75) is 52.6 Å². The van der Waals surface area contributed by atoms with Crippen molar-refractivity contribution in [1.82, 2.24) is 0 Å². The molecule has 0 aliphatic heterocycles. The first kappa shape index (κ1) is 12.3. The van der Waals surface area contributed by atoms with E-state index in [1.807, 2.05) is 6.92 Å². The Morgan fingerprint density at radius 3 is 2.54 bits per heavy atom. The lowest BCUT2D eigenvalue weighted by atomic mass is 10.00. The average Bonchev–Trinajstić information content (AvgIpc) is 2.00. The molecule has 0 aromatic rings. The van der Waals surface area contributed by atoms with Crippen LogP contribution >= 0.6 is 0 Å². The summed E-state index contributed by atoms with van der Waals surface area (Å²) in [7, 11) is 0. The van der Waals surface area contributed by atoms with Crippen LogP contribution in [0.3, 0.4) is 0 Å². The van der Waals surface area contributed by atoms with E-state index in [-0.39, 0.29) is 0 Å². The van der Waals surface area contributed by atoms with Gasteiger partial charge in [-0.1, -0.05) is 24.5 Å². The molecule has 1 atom stereocenters. The summed E-state index contributed by atoms with van der Waals surface area (Å²) in [5.74, 6) is 5.76. The van der Waals surface area contributed by atoms with Crippen molar-refractivity contribution >= 4 is 0 Å². The first-order valence-electron chi connectivity index (χ1n) is 4.83. The zero-order chi connectivity index (χ0) is 10.3. The highest BCUT2D eigenvalue weighted by Crippen LogP contribution is 2.12. The molecular formula is C12H20O. The predicted molar refractivity (Wildman–Crippen MR) is 57.4 cm³/mol. The van der Waals surface area contributed by atoms with E-state index in [1.54, 1.807) is 6.92 Å². The Labute approximate surface area is 81.9 Å². The third-order valence-electron chi connectivity index (χ3n) is 1.72. The van der Waals surface area contributed by atoms with Crippen LogP contribution in [0.15, 0.2) is 11.6 Å². The minimum absolute atomic E-state index is 0.713. The Morgan fingerprint density at radius 2 is 2.08 bits per heavy atom. The molecule has 74 valence electrons. The van der Waals surface area contributed by atoms with Gasteiger partial charge in [0.15, 0.2) is 0 Å². The van der Waals surface area contributed by atoms with Crippen LogP contribution in [0, 0.1) is 11.8 Å². The molecule has 0 aliphatic carbocycles. The van der Waals surface area contributed by atoms with Gasteiger partial charge >= 0.3 is 0 Å². The highest BCUT2D eigenvalue weighted by atomic mass is 16.3. The number of rotatable bonds is 3. The Morgan fingerprint density at radius 1 is 1.46 bits per heavy atom. The third kappa shape index (κ3) is 7.62. The number of aliphatic hydroxyl groups is 1. The predicted octanol–water partition coefficient (Wildman–Crippen LogP) is 2.90. The van der Waals surface area contributed by atoms with Crippen molar-refractivity contribution in [2.24, 2.45) is 0 Å². The molecule has 0 fully saturated rings. The molecule has 13 heavy (non-hydrogen) atoms. The number of hydrogen-bond acceptors (Lipinski definition) is 1. The summed E-state index contributed by atoms with van der Waals surface area (Å²) in [5.41, 5.74) is 0.473.